The Labute approximate surface area is 78.9 Å². The molecule has 0 amide bonds. The minimum atomic E-state index is -0.176. The van der Waals surface area contributed by atoms with Gasteiger partial charge in [-0.25, -0.2) is 0 Å². The maximum Gasteiger partial charge on any atom is 0.221 e. The molecule has 0 aromatic rings. The van der Waals surface area contributed by atoms with Gasteiger partial charge in [0.1, 0.15) is 0 Å². The van der Waals surface area contributed by atoms with Crippen molar-refractivity contribution in [3.05, 3.63) is 0 Å². The van der Waals surface area contributed by atoms with Gasteiger partial charge in [-0.2, -0.15) is 0 Å². The third kappa shape index (κ3) is 3.55. The highest BCUT2D eigenvalue weighted by atomic mass is 35.5. The smallest absolute Gasteiger partial charge is 0.221 e. The zero-order chi connectivity index (χ0) is 8.97. The van der Waals surface area contributed by atoms with E-state index < -0.39 is 0 Å². The van der Waals surface area contributed by atoms with Gasteiger partial charge in [0.15, 0.2) is 0 Å². The molecule has 1 atom stereocenters. The van der Waals surface area contributed by atoms with Crippen molar-refractivity contribution >= 4 is 16.8 Å². The highest BCUT2D eigenvalue weighted by Crippen LogP contribution is 2.20. The first-order chi connectivity index (χ1) is 5.68. The van der Waals surface area contributed by atoms with Gasteiger partial charge in [0, 0.05) is 6.42 Å². The number of hydrogen-bond donors (Lipinski definition) is 0. The van der Waals surface area contributed by atoms with E-state index in [-0.39, 0.29) is 5.24 Å². The summed E-state index contributed by atoms with van der Waals surface area (Å²) in [6.45, 7) is 2.27. The van der Waals surface area contributed by atoms with Crippen molar-refractivity contribution in [1.82, 2.24) is 4.90 Å². The predicted octanol–water partition coefficient (Wildman–Crippen LogP) is 1.87. The Morgan fingerprint density at radius 3 is 2.92 bits per heavy atom. The number of carbonyl (C=O) groups is 1. The lowest BCUT2D eigenvalue weighted by Gasteiger charge is -2.12. The van der Waals surface area contributed by atoms with Crippen LogP contribution in [0.4, 0.5) is 0 Å². The summed E-state index contributed by atoms with van der Waals surface area (Å²) >= 11 is 5.35. The van der Waals surface area contributed by atoms with Crippen LogP contribution in [0.1, 0.15) is 25.7 Å². The average Bonchev–Trinajstić information content (AvgIpc) is 2.15. The molecule has 0 aromatic carbocycles. The van der Waals surface area contributed by atoms with Crippen molar-refractivity contribution in [3.8, 4) is 0 Å². The molecule has 0 bridgehead atoms. The molecule has 1 unspecified atom stereocenters. The van der Waals surface area contributed by atoms with E-state index in [0.29, 0.717) is 12.3 Å². The molecule has 70 valence electrons. The molecule has 0 aromatic heterocycles. The van der Waals surface area contributed by atoms with Gasteiger partial charge in [0.05, 0.1) is 0 Å². The van der Waals surface area contributed by atoms with Gasteiger partial charge < -0.3 is 4.90 Å². The summed E-state index contributed by atoms with van der Waals surface area (Å²) in [6, 6.07) is 0. The molecule has 3 heteroatoms. The third-order valence-electron chi connectivity index (χ3n) is 2.52. The van der Waals surface area contributed by atoms with E-state index in [9.17, 15) is 4.79 Å². The molecule has 2 nitrogen and oxygen atoms in total. The summed E-state index contributed by atoms with van der Waals surface area (Å²) in [5.41, 5.74) is 0. The lowest BCUT2D eigenvalue weighted by Crippen LogP contribution is -2.19. The van der Waals surface area contributed by atoms with Crippen LogP contribution in [0, 0.1) is 5.92 Å². The molecule has 1 aliphatic rings. The molecular formula is C9H16ClNO. The number of carbonyl (C=O) groups excluding carboxylic acids is 1. The van der Waals surface area contributed by atoms with Crippen LogP contribution in [0.2, 0.25) is 0 Å². The first-order valence-corrected chi connectivity index (χ1v) is 4.93. The van der Waals surface area contributed by atoms with E-state index in [0.717, 1.165) is 25.9 Å². The molecule has 1 fully saturated rings. The fourth-order valence-electron chi connectivity index (χ4n) is 1.74. The topological polar surface area (TPSA) is 20.3 Å². The number of halogens is 1. The van der Waals surface area contributed by atoms with Crippen molar-refractivity contribution in [2.24, 2.45) is 5.92 Å². The van der Waals surface area contributed by atoms with Crippen LogP contribution in [0.3, 0.4) is 0 Å². The van der Waals surface area contributed by atoms with Crippen molar-refractivity contribution in [3.63, 3.8) is 0 Å². The third-order valence-corrected chi connectivity index (χ3v) is 2.67. The summed E-state index contributed by atoms with van der Waals surface area (Å²) in [4.78, 5) is 13.0. The van der Waals surface area contributed by atoms with Gasteiger partial charge in [-0.1, -0.05) is 0 Å². The summed E-state index contributed by atoms with van der Waals surface area (Å²) < 4.78 is 0. The van der Waals surface area contributed by atoms with Gasteiger partial charge in [-0.15, -0.1) is 0 Å². The van der Waals surface area contributed by atoms with E-state index in [1.165, 1.54) is 6.42 Å². The number of nitrogens with zero attached hydrogens (tertiary/aromatic N) is 1. The second-order valence-corrected chi connectivity index (χ2v) is 4.08. The highest BCUT2D eigenvalue weighted by Gasteiger charge is 2.16. The van der Waals surface area contributed by atoms with Crippen LogP contribution in [-0.4, -0.2) is 30.3 Å². The summed E-state index contributed by atoms with van der Waals surface area (Å²) in [5, 5.41) is -0.176. The lowest BCUT2D eigenvalue weighted by molar-refractivity contribution is -0.112. The van der Waals surface area contributed by atoms with Gasteiger partial charge in [0.2, 0.25) is 5.24 Å². The molecule has 1 heterocycles. The molecule has 1 rings (SSSR count). The fourth-order valence-corrected chi connectivity index (χ4v) is 1.96. The molecule has 0 N–H and O–H groups in total. The van der Waals surface area contributed by atoms with Crippen LogP contribution >= 0.6 is 11.6 Å². The van der Waals surface area contributed by atoms with E-state index in [4.69, 9.17) is 11.6 Å². The second-order valence-electron chi connectivity index (χ2n) is 3.66. The molecule has 1 saturated heterocycles. The normalized spacial score (nSPS) is 26.7. The molecule has 0 saturated carbocycles. The van der Waals surface area contributed by atoms with Gasteiger partial charge in [-0.05, 0) is 56.9 Å². The summed E-state index contributed by atoms with van der Waals surface area (Å²) in [6.07, 6.45) is 4.04. The summed E-state index contributed by atoms with van der Waals surface area (Å²) in [5.74, 6) is 0.528. The average molecular weight is 190 g/mol. The Bertz CT molecular complexity index is 161. The standard InChI is InChI=1S/C9H16ClNO/c1-11-5-2-3-8(4-6-11)7-9(10)12/h8H,2-7H2,1H3. The maximum atomic E-state index is 10.7. The van der Waals surface area contributed by atoms with E-state index >= 15 is 0 Å². The van der Waals surface area contributed by atoms with Crippen LogP contribution < -0.4 is 0 Å². The first kappa shape index (κ1) is 10.0. The number of hydrogen-bond acceptors (Lipinski definition) is 2. The van der Waals surface area contributed by atoms with E-state index in [1.54, 1.807) is 0 Å². The second kappa shape index (κ2) is 4.83. The Hall–Kier alpha value is -0.0800. The van der Waals surface area contributed by atoms with Crippen LogP contribution in [0.25, 0.3) is 0 Å². The zero-order valence-corrected chi connectivity index (χ0v) is 8.31. The van der Waals surface area contributed by atoms with E-state index in [2.05, 4.69) is 11.9 Å². The van der Waals surface area contributed by atoms with Crippen LogP contribution in [0.5, 0.6) is 0 Å². The Balaban J connectivity index is 2.30. The molecule has 1 aliphatic heterocycles. The van der Waals surface area contributed by atoms with Crippen molar-refractivity contribution in [2.75, 3.05) is 20.1 Å². The quantitative estimate of drug-likeness (QED) is 0.619. The van der Waals surface area contributed by atoms with E-state index in [1.807, 2.05) is 0 Å². The molecule has 0 radical (unpaired) electrons. The minimum Gasteiger partial charge on any atom is -0.306 e. The SMILES string of the molecule is CN1CCCC(CC(=O)Cl)CC1. The van der Waals surface area contributed by atoms with Gasteiger partial charge in [-0.3, -0.25) is 4.79 Å². The van der Waals surface area contributed by atoms with Crippen molar-refractivity contribution in [2.45, 2.75) is 25.7 Å². The monoisotopic (exact) mass is 189 g/mol. The minimum absolute atomic E-state index is 0.176. The fraction of sp³-hybridized carbons (Fsp3) is 0.889. The number of rotatable bonds is 2. The molecule has 0 spiro atoms. The van der Waals surface area contributed by atoms with Crippen molar-refractivity contribution < 1.29 is 4.79 Å². The van der Waals surface area contributed by atoms with Crippen molar-refractivity contribution in [1.29, 1.82) is 0 Å². The van der Waals surface area contributed by atoms with Gasteiger partial charge >= 0.3 is 0 Å². The number of likely N-dealkylation sites (tertiary alicyclic amines) is 1. The Kier molecular flexibility index (Phi) is 4.02. The molecule has 12 heavy (non-hydrogen) atoms. The highest BCUT2D eigenvalue weighted by molar-refractivity contribution is 6.63. The first-order valence-electron chi connectivity index (χ1n) is 4.55. The largest absolute Gasteiger partial charge is 0.306 e. The Morgan fingerprint density at radius 1 is 1.50 bits per heavy atom. The zero-order valence-electron chi connectivity index (χ0n) is 7.55. The summed E-state index contributed by atoms with van der Waals surface area (Å²) in [7, 11) is 2.13. The van der Waals surface area contributed by atoms with Gasteiger partial charge in [0.25, 0.3) is 0 Å². The maximum absolute atomic E-state index is 10.7. The predicted molar refractivity (Wildman–Crippen MR) is 50.3 cm³/mol. The molecular weight excluding hydrogens is 174 g/mol. The van der Waals surface area contributed by atoms with Crippen LogP contribution in [-0.2, 0) is 4.79 Å². The Morgan fingerprint density at radius 2 is 2.25 bits per heavy atom. The lowest BCUT2D eigenvalue weighted by atomic mass is 9.98. The van der Waals surface area contributed by atoms with Crippen LogP contribution in [0.15, 0.2) is 0 Å². The molecule has 0 aliphatic carbocycles.